The summed E-state index contributed by atoms with van der Waals surface area (Å²) in [5.41, 5.74) is 0. The number of hydrogen-bond acceptors (Lipinski definition) is 4. The maximum Gasteiger partial charge on any atom is 0.206 e. The maximum absolute atomic E-state index is 12.0. The molecule has 7 heteroatoms. The van der Waals surface area contributed by atoms with E-state index < -0.39 is 19.7 Å². The van der Waals surface area contributed by atoms with Gasteiger partial charge in [-0.1, -0.05) is 72.8 Å². The number of sulfone groups is 2. The van der Waals surface area contributed by atoms with Crippen LogP contribution in [0.5, 0.6) is 0 Å². The number of rotatable bonds is 4. The SMILES string of the molecule is O.O=S(=O)(c1ccccc1)c1ccccc1.O=S(=O)(c1ccccc1)c1ccccc1. The summed E-state index contributed by atoms with van der Waals surface area (Å²) in [5.74, 6) is 0. The topological polar surface area (TPSA) is 99.8 Å². The fourth-order valence-electron chi connectivity index (χ4n) is 2.67. The molecule has 0 saturated heterocycles. The molecule has 4 rings (SSSR count). The predicted molar refractivity (Wildman–Crippen MR) is 120 cm³/mol. The van der Waals surface area contributed by atoms with E-state index in [9.17, 15) is 16.8 Å². The van der Waals surface area contributed by atoms with Crippen molar-refractivity contribution in [3.63, 3.8) is 0 Å². The maximum atomic E-state index is 12.0. The Kier molecular flexibility index (Phi) is 8.27. The van der Waals surface area contributed by atoms with Gasteiger partial charge in [-0.25, -0.2) is 16.8 Å². The average Bonchev–Trinajstić information content (AvgIpc) is 2.82. The highest BCUT2D eigenvalue weighted by molar-refractivity contribution is 7.91. The van der Waals surface area contributed by atoms with Gasteiger partial charge in [0.05, 0.1) is 19.6 Å². The predicted octanol–water partition coefficient (Wildman–Crippen LogP) is 4.21. The second kappa shape index (κ2) is 10.7. The minimum atomic E-state index is -3.34. The van der Waals surface area contributed by atoms with Crippen LogP contribution < -0.4 is 0 Å². The second-order valence-corrected chi connectivity index (χ2v) is 10.2. The normalized spacial score (nSPS) is 10.8. The van der Waals surface area contributed by atoms with Crippen LogP contribution in [-0.4, -0.2) is 22.3 Å². The lowest BCUT2D eigenvalue weighted by Crippen LogP contribution is -2.00. The van der Waals surface area contributed by atoms with Gasteiger partial charge in [0.25, 0.3) is 0 Å². The Labute approximate surface area is 182 Å². The summed E-state index contributed by atoms with van der Waals surface area (Å²) < 4.78 is 48.1. The molecule has 0 spiro atoms. The first-order valence-electron chi connectivity index (χ1n) is 9.13. The summed E-state index contributed by atoms with van der Waals surface area (Å²) in [4.78, 5) is 1.32. The van der Waals surface area contributed by atoms with Crippen LogP contribution in [0.15, 0.2) is 141 Å². The fourth-order valence-corrected chi connectivity index (χ4v) is 5.28. The van der Waals surface area contributed by atoms with Crippen molar-refractivity contribution >= 4 is 19.7 Å². The van der Waals surface area contributed by atoms with E-state index in [1.54, 1.807) is 121 Å². The van der Waals surface area contributed by atoms with Gasteiger partial charge in [-0.05, 0) is 48.5 Å². The average molecular weight is 455 g/mol. The van der Waals surface area contributed by atoms with Crippen molar-refractivity contribution in [2.45, 2.75) is 19.6 Å². The molecule has 5 nitrogen and oxygen atoms in total. The molecular formula is C24H22O5S2. The van der Waals surface area contributed by atoms with Gasteiger partial charge in [0.15, 0.2) is 0 Å². The highest BCUT2D eigenvalue weighted by atomic mass is 32.2. The molecule has 0 amide bonds. The molecule has 0 bridgehead atoms. The molecule has 0 fully saturated rings. The van der Waals surface area contributed by atoms with Crippen LogP contribution in [0.2, 0.25) is 0 Å². The van der Waals surface area contributed by atoms with Gasteiger partial charge in [0.2, 0.25) is 19.7 Å². The molecular weight excluding hydrogens is 432 g/mol. The van der Waals surface area contributed by atoms with Crippen LogP contribution in [0.4, 0.5) is 0 Å². The summed E-state index contributed by atoms with van der Waals surface area (Å²) in [5, 5.41) is 0. The van der Waals surface area contributed by atoms with Gasteiger partial charge >= 0.3 is 0 Å². The molecule has 0 atom stereocenters. The zero-order valence-electron chi connectivity index (χ0n) is 16.5. The Bertz CT molecular complexity index is 1080. The third-order valence-electron chi connectivity index (χ3n) is 4.21. The van der Waals surface area contributed by atoms with Crippen LogP contribution >= 0.6 is 0 Å². The van der Waals surface area contributed by atoms with E-state index >= 15 is 0 Å². The highest BCUT2D eigenvalue weighted by Crippen LogP contribution is 2.20. The van der Waals surface area contributed by atoms with Crippen LogP contribution in [0.1, 0.15) is 0 Å². The first kappa shape index (κ1) is 24.0. The summed E-state index contributed by atoms with van der Waals surface area (Å²) >= 11 is 0. The summed E-state index contributed by atoms with van der Waals surface area (Å²) in [7, 11) is -6.68. The van der Waals surface area contributed by atoms with E-state index in [0.29, 0.717) is 19.6 Å². The van der Waals surface area contributed by atoms with Gasteiger partial charge < -0.3 is 5.48 Å². The van der Waals surface area contributed by atoms with Crippen LogP contribution in [0, 0.1) is 0 Å². The first-order valence-corrected chi connectivity index (χ1v) is 12.1. The molecule has 0 aromatic heterocycles. The Morgan fingerprint density at radius 1 is 0.323 bits per heavy atom. The van der Waals surface area contributed by atoms with Gasteiger partial charge in [0.1, 0.15) is 0 Å². The van der Waals surface area contributed by atoms with E-state index in [4.69, 9.17) is 0 Å². The summed E-state index contributed by atoms with van der Waals surface area (Å²) in [6.45, 7) is 0. The van der Waals surface area contributed by atoms with E-state index in [-0.39, 0.29) is 5.48 Å². The lowest BCUT2D eigenvalue weighted by atomic mass is 10.4. The van der Waals surface area contributed by atoms with Gasteiger partial charge in [-0.15, -0.1) is 0 Å². The van der Waals surface area contributed by atoms with Gasteiger partial charge in [0, 0.05) is 0 Å². The molecule has 0 heterocycles. The Morgan fingerprint density at radius 2 is 0.484 bits per heavy atom. The van der Waals surface area contributed by atoms with Gasteiger partial charge in [-0.2, -0.15) is 0 Å². The van der Waals surface area contributed by atoms with Crippen molar-refractivity contribution in [3.05, 3.63) is 121 Å². The Balaban J connectivity index is 0.000000213. The van der Waals surface area contributed by atoms with Crippen LogP contribution in [0.25, 0.3) is 0 Å². The van der Waals surface area contributed by atoms with Crippen LogP contribution in [-0.2, 0) is 19.7 Å². The lowest BCUT2D eigenvalue weighted by Gasteiger charge is -2.03. The smallest absolute Gasteiger partial charge is 0.206 e. The molecule has 4 aromatic carbocycles. The molecule has 0 radical (unpaired) electrons. The van der Waals surface area contributed by atoms with Crippen molar-refractivity contribution < 1.29 is 22.3 Å². The highest BCUT2D eigenvalue weighted by Gasteiger charge is 2.16. The second-order valence-electron chi connectivity index (χ2n) is 6.26. The monoisotopic (exact) mass is 454 g/mol. The number of benzene rings is 4. The zero-order chi connectivity index (χ0) is 21.5. The Morgan fingerprint density at radius 3 is 0.645 bits per heavy atom. The molecule has 0 saturated carbocycles. The minimum absolute atomic E-state index is 0. The van der Waals surface area contributed by atoms with Crippen LogP contribution in [0.3, 0.4) is 0 Å². The van der Waals surface area contributed by atoms with Crippen molar-refractivity contribution in [2.75, 3.05) is 0 Å². The minimum Gasteiger partial charge on any atom is -0.412 e. The van der Waals surface area contributed by atoms with E-state index in [2.05, 4.69) is 0 Å². The standard InChI is InChI=1S/2C12H10O2S.H2O/c2*13-15(14,11-7-3-1-4-8-11)12-9-5-2-6-10-12;/h2*1-10H;1H2. The fraction of sp³-hybridized carbons (Fsp3) is 0. The largest absolute Gasteiger partial charge is 0.412 e. The molecule has 31 heavy (non-hydrogen) atoms. The molecule has 0 unspecified atom stereocenters. The quantitative estimate of drug-likeness (QED) is 0.461. The molecule has 0 aliphatic heterocycles. The Hall–Kier alpha value is -3.26. The van der Waals surface area contributed by atoms with Gasteiger partial charge in [-0.3, -0.25) is 0 Å². The summed E-state index contributed by atoms with van der Waals surface area (Å²) in [6, 6.07) is 33.7. The first-order chi connectivity index (χ1) is 14.4. The molecule has 0 aliphatic carbocycles. The van der Waals surface area contributed by atoms with Crippen molar-refractivity contribution in [1.82, 2.24) is 0 Å². The molecule has 160 valence electrons. The third kappa shape index (κ3) is 5.88. The molecule has 2 N–H and O–H groups in total. The van der Waals surface area contributed by atoms with E-state index in [0.717, 1.165) is 0 Å². The molecule has 0 aliphatic rings. The third-order valence-corrected chi connectivity index (χ3v) is 7.79. The van der Waals surface area contributed by atoms with Crippen molar-refractivity contribution in [1.29, 1.82) is 0 Å². The van der Waals surface area contributed by atoms with Crippen molar-refractivity contribution in [3.8, 4) is 0 Å². The molecule has 4 aromatic rings. The van der Waals surface area contributed by atoms with Crippen molar-refractivity contribution in [2.24, 2.45) is 0 Å². The van der Waals surface area contributed by atoms with E-state index in [1.165, 1.54) is 0 Å². The zero-order valence-corrected chi connectivity index (χ0v) is 18.1. The number of hydrogen-bond donors (Lipinski definition) is 0. The van der Waals surface area contributed by atoms with E-state index in [1.807, 2.05) is 0 Å². The summed E-state index contributed by atoms with van der Waals surface area (Å²) in [6.07, 6.45) is 0. The lowest BCUT2D eigenvalue weighted by molar-refractivity contribution is 0.594.